The van der Waals surface area contributed by atoms with Gasteiger partial charge in [0.15, 0.2) is 0 Å². The molecule has 3 heterocycles. The van der Waals surface area contributed by atoms with Crippen molar-refractivity contribution in [2.24, 2.45) is 5.92 Å². The van der Waals surface area contributed by atoms with E-state index in [2.05, 4.69) is 31.8 Å². The van der Waals surface area contributed by atoms with Crippen molar-refractivity contribution in [3.05, 3.63) is 53.6 Å². The highest BCUT2D eigenvalue weighted by Gasteiger charge is 2.21. The van der Waals surface area contributed by atoms with E-state index in [1.54, 1.807) is 6.92 Å². The van der Waals surface area contributed by atoms with Crippen molar-refractivity contribution in [2.45, 2.75) is 46.0 Å². The number of ether oxygens (including phenoxy) is 1. The van der Waals surface area contributed by atoms with E-state index in [-0.39, 0.29) is 17.1 Å². The van der Waals surface area contributed by atoms with Crippen LogP contribution in [-0.2, 0) is 6.42 Å². The lowest BCUT2D eigenvalue weighted by Crippen LogP contribution is -2.35. The summed E-state index contributed by atoms with van der Waals surface area (Å²) in [6.07, 6.45) is 10.3. The molecule has 0 bridgehead atoms. The number of rotatable bonds is 8. The lowest BCUT2D eigenvalue weighted by molar-refractivity contribution is 0.277. The summed E-state index contributed by atoms with van der Waals surface area (Å²) >= 11 is 0. The summed E-state index contributed by atoms with van der Waals surface area (Å²) in [5.41, 5.74) is 1.73. The number of piperidine rings is 1. The fourth-order valence-electron chi connectivity index (χ4n) is 4.08. The first-order valence-electron chi connectivity index (χ1n) is 11.2. The van der Waals surface area contributed by atoms with E-state index >= 15 is 0 Å². The Balaban J connectivity index is 1.22. The zero-order valence-corrected chi connectivity index (χ0v) is 18.6. The van der Waals surface area contributed by atoms with Crippen LogP contribution in [0.3, 0.4) is 0 Å². The van der Waals surface area contributed by atoms with Gasteiger partial charge in [0.1, 0.15) is 23.2 Å². The molecule has 1 aliphatic rings. The van der Waals surface area contributed by atoms with E-state index in [0.717, 1.165) is 62.4 Å². The van der Waals surface area contributed by atoms with Crippen molar-refractivity contribution in [1.29, 1.82) is 0 Å². The summed E-state index contributed by atoms with van der Waals surface area (Å²) in [5.74, 6) is 0.437. The molecule has 2 aromatic heterocycles. The molecule has 170 valence electrons. The predicted octanol–water partition coefficient (Wildman–Crippen LogP) is 5.09. The molecule has 1 aromatic carbocycles. The fraction of sp³-hybridized carbons (Fsp3) is 0.458. The van der Waals surface area contributed by atoms with Crippen LogP contribution in [0, 0.1) is 24.5 Å². The van der Waals surface area contributed by atoms with Crippen LogP contribution in [0.1, 0.15) is 43.9 Å². The van der Waals surface area contributed by atoms with Crippen LogP contribution in [0.5, 0.6) is 5.75 Å². The van der Waals surface area contributed by atoms with Gasteiger partial charge in [0.25, 0.3) is 0 Å². The van der Waals surface area contributed by atoms with Crippen molar-refractivity contribution in [3.8, 4) is 17.1 Å². The van der Waals surface area contributed by atoms with Gasteiger partial charge in [0.05, 0.1) is 12.2 Å². The maximum atomic E-state index is 14.4. The maximum absolute atomic E-state index is 14.4. The van der Waals surface area contributed by atoms with Gasteiger partial charge in [-0.25, -0.2) is 23.7 Å². The predicted molar refractivity (Wildman–Crippen MR) is 120 cm³/mol. The van der Waals surface area contributed by atoms with Gasteiger partial charge in [0, 0.05) is 49.5 Å². The minimum absolute atomic E-state index is 0.162. The molecule has 32 heavy (non-hydrogen) atoms. The Morgan fingerprint density at radius 2 is 1.75 bits per heavy atom. The quantitative estimate of drug-likeness (QED) is 0.493. The van der Waals surface area contributed by atoms with E-state index < -0.39 is 11.6 Å². The summed E-state index contributed by atoms with van der Waals surface area (Å²) in [4.78, 5) is 18.1. The number of benzene rings is 1. The topological polar surface area (TPSA) is 66.9 Å². The molecule has 6 nitrogen and oxygen atoms in total. The van der Waals surface area contributed by atoms with Crippen LogP contribution in [0.2, 0.25) is 0 Å². The number of aromatic amines is 1. The minimum atomic E-state index is -0.684. The van der Waals surface area contributed by atoms with Crippen LogP contribution >= 0.6 is 0 Å². The fourth-order valence-corrected chi connectivity index (χ4v) is 4.08. The summed E-state index contributed by atoms with van der Waals surface area (Å²) < 4.78 is 34.5. The van der Waals surface area contributed by atoms with Crippen molar-refractivity contribution in [1.82, 2.24) is 19.9 Å². The highest BCUT2D eigenvalue weighted by molar-refractivity contribution is 5.58. The zero-order valence-electron chi connectivity index (χ0n) is 18.6. The van der Waals surface area contributed by atoms with Gasteiger partial charge in [-0.15, -0.1) is 0 Å². The molecule has 1 aliphatic heterocycles. The summed E-state index contributed by atoms with van der Waals surface area (Å²) in [7, 11) is 0. The molecular formula is C24H29F2N5O. The molecule has 8 heteroatoms. The molecule has 0 atom stereocenters. The Morgan fingerprint density at radius 3 is 2.34 bits per heavy atom. The monoisotopic (exact) mass is 441 g/mol. The highest BCUT2D eigenvalue weighted by Crippen LogP contribution is 2.29. The number of halogens is 2. The maximum Gasteiger partial charge on any atom is 0.225 e. The van der Waals surface area contributed by atoms with Gasteiger partial charge in [0.2, 0.25) is 5.95 Å². The number of imidazole rings is 1. The van der Waals surface area contributed by atoms with Crippen LogP contribution < -0.4 is 9.64 Å². The molecular weight excluding hydrogens is 412 g/mol. The summed E-state index contributed by atoms with van der Waals surface area (Å²) in [6, 6.07) is 2.44. The number of aromatic nitrogens is 4. The zero-order chi connectivity index (χ0) is 22.5. The van der Waals surface area contributed by atoms with Crippen molar-refractivity contribution in [3.63, 3.8) is 0 Å². The normalized spacial score (nSPS) is 14.7. The smallest absolute Gasteiger partial charge is 0.225 e. The summed E-state index contributed by atoms with van der Waals surface area (Å²) in [6.45, 7) is 6.20. The Morgan fingerprint density at radius 1 is 1.06 bits per heavy atom. The highest BCUT2D eigenvalue weighted by atomic mass is 19.1. The van der Waals surface area contributed by atoms with Gasteiger partial charge >= 0.3 is 0 Å². The first-order chi connectivity index (χ1) is 15.5. The average Bonchev–Trinajstić information content (AvgIpc) is 3.22. The lowest BCUT2D eigenvalue weighted by Gasteiger charge is -2.32. The largest absolute Gasteiger partial charge is 0.493 e. The Kier molecular flexibility index (Phi) is 6.97. The number of hydrogen-bond donors (Lipinski definition) is 1. The van der Waals surface area contributed by atoms with E-state index in [1.807, 2.05) is 12.4 Å². The first-order valence-corrected chi connectivity index (χ1v) is 11.2. The number of hydrogen-bond acceptors (Lipinski definition) is 5. The van der Waals surface area contributed by atoms with Crippen LogP contribution in [0.15, 0.2) is 30.7 Å². The summed E-state index contributed by atoms with van der Waals surface area (Å²) in [5, 5.41) is 0. The van der Waals surface area contributed by atoms with Gasteiger partial charge in [-0.3, -0.25) is 0 Å². The van der Waals surface area contributed by atoms with Crippen molar-refractivity contribution >= 4 is 5.95 Å². The third-order valence-corrected chi connectivity index (χ3v) is 5.98. The molecule has 0 saturated carbocycles. The number of nitrogens with one attached hydrogen (secondary N) is 1. The molecule has 0 spiro atoms. The van der Waals surface area contributed by atoms with Gasteiger partial charge < -0.3 is 14.6 Å². The Labute approximate surface area is 187 Å². The van der Waals surface area contributed by atoms with Crippen LogP contribution in [-0.4, -0.2) is 39.6 Å². The molecule has 1 N–H and O–H groups in total. The van der Waals surface area contributed by atoms with Gasteiger partial charge in [-0.05, 0) is 50.5 Å². The Hall–Kier alpha value is -3.03. The molecule has 0 unspecified atom stereocenters. The molecule has 0 radical (unpaired) electrons. The number of anilines is 1. The third kappa shape index (κ3) is 5.23. The van der Waals surface area contributed by atoms with Gasteiger partial charge in [-0.2, -0.15) is 0 Å². The lowest BCUT2D eigenvalue weighted by atomic mass is 9.92. The first kappa shape index (κ1) is 22.2. The van der Waals surface area contributed by atoms with E-state index in [0.29, 0.717) is 12.5 Å². The van der Waals surface area contributed by atoms with Crippen LogP contribution in [0.25, 0.3) is 11.4 Å². The molecule has 3 aromatic rings. The third-order valence-electron chi connectivity index (χ3n) is 5.98. The molecule has 0 aliphatic carbocycles. The van der Waals surface area contributed by atoms with Gasteiger partial charge in [-0.1, -0.05) is 6.92 Å². The Bertz CT molecular complexity index is 1010. The second-order valence-corrected chi connectivity index (χ2v) is 8.34. The van der Waals surface area contributed by atoms with Crippen LogP contribution in [0.4, 0.5) is 14.7 Å². The molecule has 4 rings (SSSR count). The van der Waals surface area contributed by atoms with E-state index in [1.165, 1.54) is 18.3 Å². The molecule has 0 amide bonds. The molecule has 1 fully saturated rings. The average molecular weight is 442 g/mol. The SMILES string of the molecule is CCc1cnc(N2CCC(CCCOc3cc(F)c(-c4ncc(C)[nH]4)c(F)c3)CC2)nc1. The number of aryl methyl sites for hydroxylation is 2. The van der Waals surface area contributed by atoms with E-state index in [9.17, 15) is 8.78 Å². The number of nitrogens with zero attached hydrogens (tertiary/aromatic N) is 4. The van der Waals surface area contributed by atoms with E-state index in [4.69, 9.17) is 4.74 Å². The van der Waals surface area contributed by atoms with Crippen molar-refractivity contribution < 1.29 is 13.5 Å². The number of H-pyrrole nitrogens is 1. The van der Waals surface area contributed by atoms with Crippen molar-refractivity contribution in [2.75, 3.05) is 24.6 Å². The minimum Gasteiger partial charge on any atom is -0.493 e. The second-order valence-electron chi connectivity index (χ2n) is 8.34. The standard InChI is InChI=1S/C24H29F2N5O/c1-3-17-14-28-24(29-15-17)31-8-6-18(7-9-31)5-4-10-32-19-11-20(25)22(21(26)12-19)23-27-13-16(2)30-23/h11-15,18H,3-10H2,1-2H3,(H,27,30). The second kappa shape index (κ2) is 10.1. The molecule has 1 saturated heterocycles.